The number of rotatable bonds is 6. The maximum absolute atomic E-state index is 12.6. The van der Waals surface area contributed by atoms with Gasteiger partial charge in [-0.1, -0.05) is 46.3 Å². The van der Waals surface area contributed by atoms with E-state index < -0.39 is 0 Å². The highest BCUT2D eigenvalue weighted by molar-refractivity contribution is 9.10. The highest BCUT2D eigenvalue weighted by Crippen LogP contribution is 2.15. The van der Waals surface area contributed by atoms with Gasteiger partial charge in [-0.25, -0.2) is 9.67 Å². The van der Waals surface area contributed by atoms with Crippen LogP contribution in [0.2, 0.25) is 0 Å². The first-order valence-corrected chi connectivity index (χ1v) is 9.90. The summed E-state index contributed by atoms with van der Waals surface area (Å²) in [5, 5.41) is 7.65. The second kappa shape index (κ2) is 8.40. The van der Waals surface area contributed by atoms with Gasteiger partial charge < -0.3 is 5.32 Å². The Hall–Kier alpha value is -3.26. The van der Waals surface area contributed by atoms with Crippen LogP contribution < -0.4 is 10.9 Å². The largest absolute Gasteiger partial charge is 0.311 e. The van der Waals surface area contributed by atoms with E-state index in [1.54, 1.807) is 29.1 Å². The minimum Gasteiger partial charge on any atom is -0.311 e. The fraction of sp³-hybridized carbons (Fsp3) is 0.143. The van der Waals surface area contributed by atoms with Gasteiger partial charge in [-0.3, -0.25) is 14.2 Å². The molecule has 146 valence electrons. The van der Waals surface area contributed by atoms with E-state index >= 15 is 0 Å². The Bertz CT molecular complexity index is 1220. The topological polar surface area (TPSA) is 81.8 Å². The van der Waals surface area contributed by atoms with Crippen LogP contribution in [0.3, 0.4) is 0 Å². The smallest absolute Gasteiger partial charge is 0.261 e. The highest BCUT2D eigenvalue weighted by atomic mass is 79.9. The van der Waals surface area contributed by atoms with Crippen molar-refractivity contribution in [3.63, 3.8) is 0 Å². The van der Waals surface area contributed by atoms with Crippen LogP contribution in [0.1, 0.15) is 12.0 Å². The van der Waals surface area contributed by atoms with Crippen molar-refractivity contribution in [2.45, 2.75) is 19.5 Å². The van der Waals surface area contributed by atoms with Crippen LogP contribution in [-0.2, 0) is 17.9 Å². The summed E-state index contributed by atoms with van der Waals surface area (Å²) in [6, 6.07) is 17.0. The monoisotopic (exact) mass is 451 g/mol. The summed E-state index contributed by atoms with van der Waals surface area (Å²) >= 11 is 3.37. The molecule has 0 aliphatic rings. The van der Waals surface area contributed by atoms with Gasteiger partial charge in [0, 0.05) is 23.5 Å². The maximum atomic E-state index is 12.6. The standard InChI is InChI=1S/C21H18BrN5O2/c22-16-6-7-18-17(12-16)21(29)26(14-23-18)11-9-20(28)25-19-8-10-24-27(19)13-15-4-2-1-3-5-15/h1-8,10,12,14H,9,11,13H2,(H,25,28). The van der Waals surface area contributed by atoms with Crippen LogP contribution in [0.4, 0.5) is 5.82 Å². The van der Waals surface area contributed by atoms with Gasteiger partial charge in [0.1, 0.15) is 5.82 Å². The Morgan fingerprint density at radius 1 is 1.10 bits per heavy atom. The van der Waals surface area contributed by atoms with Crippen molar-refractivity contribution in [1.82, 2.24) is 19.3 Å². The summed E-state index contributed by atoms with van der Waals surface area (Å²) < 4.78 is 4.00. The number of nitrogens with one attached hydrogen (secondary N) is 1. The van der Waals surface area contributed by atoms with Crippen molar-refractivity contribution in [3.8, 4) is 0 Å². The molecule has 0 fully saturated rings. The molecule has 0 bridgehead atoms. The van der Waals surface area contributed by atoms with Crippen molar-refractivity contribution in [3.05, 3.63) is 87.5 Å². The zero-order valence-electron chi connectivity index (χ0n) is 15.5. The maximum Gasteiger partial charge on any atom is 0.261 e. The molecule has 8 heteroatoms. The van der Waals surface area contributed by atoms with Crippen LogP contribution in [0, 0.1) is 0 Å². The van der Waals surface area contributed by atoms with Crippen LogP contribution in [0.5, 0.6) is 0 Å². The van der Waals surface area contributed by atoms with Gasteiger partial charge in [-0.15, -0.1) is 0 Å². The quantitative estimate of drug-likeness (QED) is 0.486. The summed E-state index contributed by atoms with van der Waals surface area (Å²) in [6.07, 6.45) is 3.28. The molecule has 0 aliphatic carbocycles. The molecule has 29 heavy (non-hydrogen) atoms. The minimum atomic E-state index is -0.193. The first-order valence-electron chi connectivity index (χ1n) is 9.10. The van der Waals surface area contributed by atoms with Crippen LogP contribution in [0.15, 0.2) is 76.4 Å². The van der Waals surface area contributed by atoms with Gasteiger partial charge in [0.15, 0.2) is 0 Å². The van der Waals surface area contributed by atoms with Gasteiger partial charge in [-0.05, 0) is 23.8 Å². The van der Waals surface area contributed by atoms with E-state index in [1.165, 1.54) is 10.9 Å². The third-order valence-electron chi connectivity index (χ3n) is 4.53. The van der Waals surface area contributed by atoms with Gasteiger partial charge in [-0.2, -0.15) is 5.10 Å². The summed E-state index contributed by atoms with van der Waals surface area (Å²) in [4.78, 5) is 29.3. The molecule has 4 aromatic rings. The fourth-order valence-corrected chi connectivity index (χ4v) is 3.40. The Morgan fingerprint density at radius 3 is 2.76 bits per heavy atom. The first kappa shape index (κ1) is 19.1. The number of hydrogen-bond donors (Lipinski definition) is 1. The zero-order chi connectivity index (χ0) is 20.2. The number of fused-ring (bicyclic) bond motifs is 1. The molecule has 0 radical (unpaired) electrons. The predicted molar refractivity (Wildman–Crippen MR) is 115 cm³/mol. The van der Waals surface area contributed by atoms with E-state index in [2.05, 4.69) is 31.3 Å². The SMILES string of the molecule is O=C(CCn1cnc2ccc(Br)cc2c1=O)Nc1ccnn1Cc1ccccc1. The lowest BCUT2D eigenvalue weighted by molar-refractivity contribution is -0.116. The average molecular weight is 452 g/mol. The van der Waals surface area contributed by atoms with Gasteiger partial charge in [0.05, 0.1) is 30.0 Å². The van der Waals surface area contributed by atoms with E-state index in [-0.39, 0.29) is 24.4 Å². The minimum absolute atomic E-state index is 0.150. The molecule has 2 heterocycles. The normalized spacial score (nSPS) is 10.9. The number of hydrogen-bond acceptors (Lipinski definition) is 4. The average Bonchev–Trinajstić information content (AvgIpc) is 3.15. The number of halogens is 1. The van der Waals surface area contributed by atoms with E-state index in [0.717, 1.165) is 10.0 Å². The van der Waals surface area contributed by atoms with Crippen molar-refractivity contribution < 1.29 is 4.79 Å². The predicted octanol–water partition coefficient (Wildman–Crippen LogP) is 3.43. The Labute approximate surface area is 175 Å². The van der Waals surface area contributed by atoms with Gasteiger partial charge >= 0.3 is 0 Å². The van der Waals surface area contributed by atoms with E-state index in [4.69, 9.17) is 0 Å². The number of aryl methyl sites for hydroxylation is 1. The van der Waals surface area contributed by atoms with Crippen molar-refractivity contribution in [2.24, 2.45) is 0 Å². The van der Waals surface area contributed by atoms with E-state index in [9.17, 15) is 9.59 Å². The van der Waals surface area contributed by atoms with Gasteiger partial charge in [0.25, 0.3) is 5.56 Å². The van der Waals surface area contributed by atoms with E-state index in [0.29, 0.717) is 23.3 Å². The fourth-order valence-electron chi connectivity index (χ4n) is 3.04. The number of nitrogens with zero attached hydrogens (tertiary/aromatic N) is 4. The molecule has 0 atom stereocenters. The second-order valence-electron chi connectivity index (χ2n) is 6.56. The Balaban J connectivity index is 1.43. The number of carbonyl (C=O) groups is 1. The molecule has 0 aliphatic heterocycles. The van der Waals surface area contributed by atoms with Crippen LogP contribution in [-0.4, -0.2) is 25.2 Å². The lowest BCUT2D eigenvalue weighted by atomic mass is 10.2. The van der Waals surface area contributed by atoms with Crippen LogP contribution in [0.25, 0.3) is 10.9 Å². The first-order chi connectivity index (χ1) is 14.1. The third kappa shape index (κ3) is 4.43. The summed E-state index contributed by atoms with van der Waals surface area (Å²) in [6.45, 7) is 0.805. The molecule has 1 amide bonds. The molecule has 0 unspecified atom stereocenters. The molecule has 2 aromatic heterocycles. The summed E-state index contributed by atoms with van der Waals surface area (Å²) in [5.41, 5.74) is 1.55. The highest BCUT2D eigenvalue weighted by Gasteiger charge is 2.10. The second-order valence-corrected chi connectivity index (χ2v) is 7.48. The number of benzene rings is 2. The summed E-state index contributed by atoms with van der Waals surface area (Å²) in [7, 11) is 0. The van der Waals surface area contributed by atoms with Crippen molar-refractivity contribution in [1.29, 1.82) is 0 Å². The lowest BCUT2D eigenvalue weighted by Crippen LogP contribution is -2.24. The number of aromatic nitrogens is 4. The molecular weight excluding hydrogens is 434 g/mol. The molecule has 0 saturated carbocycles. The number of amides is 1. The molecule has 0 spiro atoms. The van der Waals surface area contributed by atoms with Crippen LogP contribution >= 0.6 is 15.9 Å². The number of anilines is 1. The zero-order valence-corrected chi connectivity index (χ0v) is 17.0. The lowest BCUT2D eigenvalue weighted by Gasteiger charge is -2.10. The van der Waals surface area contributed by atoms with Gasteiger partial charge in [0.2, 0.25) is 5.91 Å². The molecular formula is C21H18BrN5O2. The molecule has 1 N–H and O–H groups in total. The molecule has 7 nitrogen and oxygen atoms in total. The number of carbonyl (C=O) groups excluding carboxylic acids is 1. The van der Waals surface area contributed by atoms with Crippen molar-refractivity contribution >= 4 is 38.6 Å². The van der Waals surface area contributed by atoms with E-state index in [1.807, 2.05) is 36.4 Å². The van der Waals surface area contributed by atoms with Crippen molar-refractivity contribution in [2.75, 3.05) is 5.32 Å². The Kier molecular flexibility index (Phi) is 5.53. The summed E-state index contributed by atoms with van der Waals surface area (Å²) in [5.74, 6) is 0.424. The molecule has 2 aromatic carbocycles. The Morgan fingerprint density at radius 2 is 1.93 bits per heavy atom. The molecule has 0 saturated heterocycles. The molecule has 4 rings (SSSR count). The third-order valence-corrected chi connectivity index (χ3v) is 5.02.